The van der Waals surface area contributed by atoms with Crippen molar-refractivity contribution in [3.8, 4) is 0 Å². The molecule has 1 aliphatic heterocycles. The zero-order valence-corrected chi connectivity index (χ0v) is 9.85. The number of sulfonamides is 1. The quantitative estimate of drug-likeness (QED) is 0.705. The van der Waals surface area contributed by atoms with Crippen LogP contribution >= 0.6 is 0 Å². The van der Waals surface area contributed by atoms with Crippen LogP contribution in [0.5, 0.6) is 0 Å². The Kier molecular flexibility index (Phi) is 2.80. The predicted molar refractivity (Wildman–Crippen MR) is 64.7 cm³/mol. The van der Waals surface area contributed by atoms with Crippen molar-refractivity contribution in [3.63, 3.8) is 0 Å². The highest BCUT2D eigenvalue weighted by molar-refractivity contribution is 7.89. The number of benzene rings is 1. The Bertz CT molecular complexity index is 556. The first-order valence-electron chi connectivity index (χ1n) is 5.05. The van der Waals surface area contributed by atoms with Gasteiger partial charge in [-0.2, -0.15) is 0 Å². The van der Waals surface area contributed by atoms with Crippen molar-refractivity contribution >= 4 is 27.3 Å². The summed E-state index contributed by atoms with van der Waals surface area (Å²) in [5.41, 5.74) is 6.73. The first-order chi connectivity index (χ1) is 7.88. The average molecular weight is 255 g/mol. The van der Waals surface area contributed by atoms with Crippen molar-refractivity contribution < 1.29 is 13.2 Å². The number of hydrogen-bond acceptors (Lipinski definition) is 4. The molecule has 0 radical (unpaired) electrons. The molecular formula is C10H13N3O3S. The largest absolute Gasteiger partial charge is 0.399 e. The number of nitrogens with zero attached hydrogens (tertiary/aromatic N) is 1. The van der Waals surface area contributed by atoms with Crippen molar-refractivity contribution in [1.29, 1.82) is 0 Å². The third-order valence-corrected chi connectivity index (χ3v) is 3.98. The molecule has 1 aromatic carbocycles. The number of hydrogen-bond donors (Lipinski definition) is 2. The van der Waals surface area contributed by atoms with Gasteiger partial charge in [0, 0.05) is 24.3 Å². The van der Waals surface area contributed by atoms with Crippen LogP contribution in [0.3, 0.4) is 0 Å². The van der Waals surface area contributed by atoms with Gasteiger partial charge in [0.2, 0.25) is 15.9 Å². The van der Waals surface area contributed by atoms with E-state index in [1.807, 2.05) is 0 Å². The van der Waals surface area contributed by atoms with Crippen LogP contribution in [0.1, 0.15) is 6.42 Å². The van der Waals surface area contributed by atoms with E-state index in [9.17, 15) is 13.2 Å². The number of rotatable bonds is 2. The van der Waals surface area contributed by atoms with Gasteiger partial charge in [-0.25, -0.2) is 13.6 Å². The second-order valence-corrected chi connectivity index (χ2v) is 5.86. The molecule has 1 fully saturated rings. The van der Waals surface area contributed by atoms with E-state index in [4.69, 9.17) is 10.9 Å². The van der Waals surface area contributed by atoms with Gasteiger partial charge >= 0.3 is 0 Å². The van der Waals surface area contributed by atoms with Crippen LogP contribution in [0.4, 0.5) is 11.4 Å². The summed E-state index contributed by atoms with van der Waals surface area (Å²) in [6, 6.07) is 6.74. The van der Waals surface area contributed by atoms with Crippen LogP contribution in [0.2, 0.25) is 0 Å². The monoisotopic (exact) mass is 255 g/mol. The minimum atomic E-state index is -3.68. The molecule has 0 aliphatic carbocycles. The highest BCUT2D eigenvalue weighted by Crippen LogP contribution is 2.25. The molecule has 0 spiro atoms. The van der Waals surface area contributed by atoms with E-state index in [1.165, 1.54) is 4.90 Å². The predicted octanol–water partition coefficient (Wildman–Crippen LogP) is -0.337. The van der Waals surface area contributed by atoms with Crippen LogP contribution in [0.15, 0.2) is 24.3 Å². The standard InChI is InChI=1S/C10H13N3O3S/c11-7-2-1-3-8(4-7)13-6-9(5-10(13)14)17(12,15)16/h1-4,9H,5-6,11H2,(H2,12,15,16). The van der Waals surface area contributed by atoms with Crippen molar-refractivity contribution in [2.75, 3.05) is 17.2 Å². The SMILES string of the molecule is Nc1cccc(N2CC(S(N)(=O)=O)CC2=O)c1. The molecule has 4 N–H and O–H groups in total. The Labute approximate surface area is 99.2 Å². The Morgan fingerprint density at radius 3 is 2.59 bits per heavy atom. The first kappa shape index (κ1) is 11.9. The van der Waals surface area contributed by atoms with Gasteiger partial charge < -0.3 is 10.6 Å². The number of anilines is 2. The second kappa shape index (κ2) is 4.01. The zero-order valence-electron chi connectivity index (χ0n) is 9.04. The molecule has 1 aliphatic rings. The number of amides is 1. The lowest BCUT2D eigenvalue weighted by Gasteiger charge is -2.16. The number of carbonyl (C=O) groups is 1. The highest BCUT2D eigenvalue weighted by Gasteiger charge is 2.37. The maximum Gasteiger partial charge on any atom is 0.228 e. The summed E-state index contributed by atoms with van der Waals surface area (Å²) in [4.78, 5) is 13.1. The van der Waals surface area contributed by atoms with Gasteiger partial charge in [-0.15, -0.1) is 0 Å². The van der Waals surface area contributed by atoms with Gasteiger partial charge in [0.1, 0.15) is 5.25 Å². The number of nitrogen functional groups attached to an aromatic ring is 1. The van der Waals surface area contributed by atoms with Crippen LogP contribution in [0, 0.1) is 0 Å². The molecule has 7 heteroatoms. The summed E-state index contributed by atoms with van der Waals surface area (Å²) in [5.74, 6) is -0.255. The van der Waals surface area contributed by atoms with Crippen molar-refractivity contribution in [2.45, 2.75) is 11.7 Å². The maximum absolute atomic E-state index is 11.7. The van der Waals surface area contributed by atoms with Crippen LogP contribution in [-0.2, 0) is 14.8 Å². The lowest BCUT2D eigenvalue weighted by Crippen LogP contribution is -2.32. The van der Waals surface area contributed by atoms with E-state index in [0.29, 0.717) is 11.4 Å². The van der Waals surface area contributed by atoms with E-state index in [0.717, 1.165) is 0 Å². The molecule has 2 rings (SSSR count). The van der Waals surface area contributed by atoms with E-state index in [2.05, 4.69) is 0 Å². The van der Waals surface area contributed by atoms with Crippen LogP contribution < -0.4 is 15.8 Å². The molecule has 1 heterocycles. The third-order valence-electron chi connectivity index (χ3n) is 2.74. The summed E-state index contributed by atoms with van der Waals surface area (Å²) in [6.07, 6.45) is -0.0758. The molecule has 0 saturated carbocycles. The van der Waals surface area contributed by atoms with Crippen molar-refractivity contribution in [3.05, 3.63) is 24.3 Å². The van der Waals surface area contributed by atoms with E-state index < -0.39 is 15.3 Å². The molecule has 92 valence electrons. The highest BCUT2D eigenvalue weighted by atomic mass is 32.2. The Morgan fingerprint density at radius 1 is 1.35 bits per heavy atom. The Hall–Kier alpha value is -1.60. The molecule has 1 atom stereocenters. The average Bonchev–Trinajstić information content (AvgIpc) is 2.60. The lowest BCUT2D eigenvalue weighted by atomic mass is 10.2. The zero-order chi connectivity index (χ0) is 12.6. The molecule has 1 saturated heterocycles. The molecule has 17 heavy (non-hydrogen) atoms. The van der Waals surface area contributed by atoms with Crippen molar-refractivity contribution in [1.82, 2.24) is 0 Å². The molecule has 1 amide bonds. The molecule has 1 aromatic rings. The molecule has 6 nitrogen and oxygen atoms in total. The van der Waals surface area contributed by atoms with Gasteiger partial charge in [0.25, 0.3) is 0 Å². The fraction of sp³-hybridized carbons (Fsp3) is 0.300. The molecular weight excluding hydrogens is 242 g/mol. The van der Waals surface area contributed by atoms with Gasteiger partial charge in [-0.3, -0.25) is 4.79 Å². The van der Waals surface area contributed by atoms with E-state index >= 15 is 0 Å². The summed E-state index contributed by atoms with van der Waals surface area (Å²) < 4.78 is 22.4. The number of nitrogens with two attached hydrogens (primary N) is 2. The molecule has 1 unspecified atom stereocenters. The summed E-state index contributed by atoms with van der Waals surface area (Å²) in [7, 11) is -3.68. The summed E-state index contributed by atoms with van der Waals surface area (Å²) in [5, 5.41) is 4.21. The molecule has 0 aromatic heterocycles. The number of carbonyl (C=O) groups excluding carboxylic acids is 1. The first-order valence-corrected chi connectivity index (χ1v) is 6.66. The minimum Gasteiger partial charge on any atom is -0.399 e. The third kappa shape index (κ3) is 2.40. The molecule has 0 bridgehead atoms. The lowest BCUT2D eigenvalue weighted by molar-refractivity contribution is -0.117. The minimum absolute atomic E-state index is 0.0758. The van der Waals surface area contributed by atoms with Gasteiger partial charge in [-0.1, -0.05) is 6.07 Å². The normalized spacial score (nSPS) is 20.9. The van der Waals surface area contributed by atoms with Crippen molar-refractivity contribution in [2.24, 2.45) is 5.14 Å². The topological polar surface area (TPSA) is 106 Å². The maximum atomic E-state index is 11.7. The fourth-order valence-electron chi connectivity index (χ4n) is 1.84. The smallest absolute Gasteiger partial charge is 0.228 e. The summed E-state index contributed by atoms with van der Waals surface area (Å²) >= 11 is 0. The Balaban J connectivity index is 2.28. The van der Waals surface area contributed by atoms with Gasteiger partial charge in [-0.05, 0) is 18.2 Å². The van der Waals surface area contributed by atoms with Gasteiger partial charge in [0.05, 0.1) is 0 Å². The van der Waals surface area contributed by atoms with E-state index in [-0.39, 0.29) is 18.9 Å². The van der Waals surface area contributed by atoms with E-state index in [1.54, 1.807) is 24.3 Å². The van der Waals surface area contributed by atoms with Gasteiger partial charge in [0.15, 0.2) is 0 Å². The fourth-order valence-corrected chi connectivity index (χ4v) is 2.57. The van der Waals surface area contributed by atoms with Crippen LogP contribution in [-0.4, -0.2) is 26.1 Å². The number of primary sulfonamides is 1. The summed E-state index contributed by atoms with van der Waals surface area (Å²) in [6.45, 7) is 0.0844. The van der Waals surface area contributed by atoms with Crippen LogP contribution in [0.25, 0.3) is 0 Å². The second-order valence-electron chi connectivity index (χ2n) is 4.01. The Morgan fingerprint density at radius 2 is 2.06 bits per heavy atom.